The molecule has 0 aliphatic rings. The maximum Gasteiger partial charge on any atom is 0.573 e. The number of nitrogens with zero attached hydrogens (tertiary/aromatic N) is 2. The van der Waals surface area contributed by atoms with E-state index in [1.807, 2.05) is 6.07 Å². The van der Waals surface area contributed by atoms with Crippen molar-refractivity contribution in [2.24, 2.45) is 0 Å². The van der Waals surface area contributed by atoms with Gasteiger partial charge in [0.15, 0.2) is 5.13 Å². The fourth-order valence-electron chi connectivity index (χ4n) is 2.15. The van der Waals surface area contributed by atoms with E-state index in [-0.39, 0.29) is 26.4 Å². The molecule has 0 aliphatic carbocycles. The number of alkyl halides is 3. The summed E-state index contributed by atoms with van der Waals surface area (Å²) < 4.78 is 41.1. The van der Waals surface area contributed by atoms with Crippen LogP contribution in [0.4, 0.5) is 28.8 Å². The molecule has 144 valence electrons. The number of thiazole rings is 1. The zero-order valence-electron chi connectivity index (χ0n) is 13.4. The molecule has 2 amide bonds. The van der Waals surface area contributed by atoms with Crippen LogP contribution in [0, 0.1) is 11.3 Å². The average Bonchev–Trinajstić information content (AvgIpc) is 2.97. The number of nitrogens with one attached hydrogen (secondary N) is 2. The fraction of sp³-hybridized carbons (Fsp3) is 0.0625. The number of rotatable bonds is 3. The summed E-state index contributed by atoms with van der Waals surface area (Å²) in [4.78, 5) is 16.3. The first-order valence-corrected chi connectivity index (χ1v) is 8.85. The summed E-state index contributed by atoms with van der Waals surface area (Å²) in [6.45, 7) is 0. The van der Waals surface area contributed by atoms with Crippen molar-refractivity contribution in [3.05, 3.63) is 45.9 Å². The third-order valence-electron chi connectivity index (χ3n) is 3.22. The van der Waals surface area contributed by atoms with E-state index in [0.717, 1.165) is 23.5 Å². The first-order chi connectivity index (χ1) is 13.1. The molecule has 0 radical (unpaired) electrons. The summed E-state index contributed by atoms with van der Waals surface area (Å²) in [5, 5.41) is 14.0. The minimum atomic E-state index is -4.81. The van der Waals surface area contributed by atoms with Gasteiger partial charge in [-0.25, -0.2) is 9.78 Å². The second-order valence-electron chi connectivity index (χ2n) is 5.20. The van der Waals surface area contributed by atoms with Crippen LogP contribution in [0.1, 0.15) is 5.56 Å². The van der Waals surface area contributed by atoms with Gasteiger partial charge in [-0.15, -0.1) is 13.2 Å². The van der Waals surface area contributed by atoms with Gasteiger partial charge in [0.2, 0.25) is 0 Å². The van der Waals surface area contributed by atoms with Gasteiger partial charge in [-0.3, -0.25) is 5.32 Å². The molecule has 6 nitrogen and oxygen atoms in total. The molecule has 0 bridgehead atoms. The van der Waals surface area contributed by atoms with Crippen molar-refractivity contribution < 1.29 is 22.7 Å². The van der Waals surface area contributed by atoms with E-state index in [1.165, 1.54) is 18.2 Å². The van der Waals surface area contributed by atoms with E-state index in [1.54, 1.807) is 0 Å². The van der Waals surface area contributed by atoms with E-state index < -0.39 is 18.1 Å². The molecule has 0 saturated heterocycles. The van der Waals surface area contributed by atoms with E-state index in [4.69, 9.17) is 28.5 Å². The average molecular weight is 447 g/mol. The molecule has 0 spiro atoms. The Morgan fingerprint density at radius 3 is 2.46 bits per heavy atom. The number of urea groups is 1. The number of anilines is 2. The molecule has 0 fully saturated rings. The second-order valence-corrected chi connectivity index (χ2v) is 7.05. The van der Waals surface area contributed by atoms with Crippen LogP contribution < -0.4 is 15.4 Å². The number of benzene rings is 2. The lowest BCUT2D eigenvalue weighted by molar-refractivity contribution is -0.274. The van der Waals surface area contributed by atoms with Crippen molar-refractivity contribution >= 4 is 61.6 Å². The molecule has 3 rings (SSSR count). The monoisotopic (exact) mass is 446 g/mol. The summed E-state index contributed by atoms with van der Waals surface area (Å²) in [5.41, 5.74) is 0.704. The Hall–Kier alpha value is -2.74. The summed E-state index contributed by atoms with van der Waals surface area (Å²) in [7, 11) is 0. The summed E-state index contributed by atoms with van der Waals surface area (Å²) >= 11 is 12.9. The van der Waals surface area contributed by atoms with Crippen LogP contribution in [0.15, 0.2) is 30.3 Å². The Labute approximate surface area is 169 Å². The van der Waals surface area contributed by atoms with Crippen LogP contribution >= 0.6 is 34.5 Å². The van der Waals surface area contributed by atoms with Crippen molar-refractivity contribution in [3.63, 3.8) is 0 Å². The van der Waals surface area contributed by atoms with Gasteiger partial charge >= 0.3 is 12.4 Å². The minimum absolute atomic E-state index is 0.0671. The summed E-state index contributed by atoms with van der Waals surface area (Å²) in [6.07, 6.45) is -4.81. The SMILES string of the molecule is N#Cc1cc(Cl)c(NC(=O)Nc2nc3ccc(OC(F)(F)F)cc3s2)c(Cl)c1. The second kappa shape index (κ2) is 7.71. The highest BCUT2D eigenvalue weighted by Gasteiger charge is 2.31. The number of amides is 2. The molecular weight excluding hydrogens is 440 g/mol. The van der Waals surface area contributed by atoms with Gasteiger partial charge < -0.3 is 10.1 Å². The molecule has 0 atom stereocenters. The largest absolute Gasteiger partial charge is 0.573 e. The number of halogens is 5. The highest BCUT2D eigenvalue weighted by atomic mass is 35.5. The van der Waals surface area contributed by atoms with Gasteiger partial charge in [-0.2, -0.15) is 5.26 Å². The number of nitriles is 1. The number of ether oxygens (including phenoxy) is 1. The third kappa shape index (κ3) is 4.75. The van der Waals surface area contributed by atoms with Crippen molar-refractivity contribution in [2.75, 3.05) is 10.6 Å². The smallest absolute Gasteiger partial charge is 0.406 e. The predicted octanol–water partition coefficient (Wildman–Crippen LogP) is 6.02. The standard InChI is InChI=1S/C16H7Cl2F3N4O2S/c17-9-3-7(6-22)4-10(18)13(9)24-14(26)25-15-23-11-2-1-8(5-12(11)28-15)27-16(19,20)21/h1-5H,(H2,23,24,25,26). The van der Waals surface area contributed by atoms with Gasteiger partial charge in [0.25, 0.3) is 0 Å². The van der Waals surface area contributed by atoms with E-state index >= 15 is 0 Å². The van der Waals surface area contributed by atoms with Crippen LogP contribution in [0.2, 0.25) is 10.0 Å². The van der Waals surface area contributed by atoms with Gasteiger partial charge in [-0.1, -0.05) is 34.5 Å². The number of fused-ring (bicyclic) bond motifs is 1. The summed E-state index contributed by atoms with van der Waals surface area (Å²) in [5.74, 6) is -0.393. The van der Waals surface area contributed by atoms with Crippen molar-refractivity contribution in [3.8, 4) is 11.8 Å². The fourth-order valence-corrected chi connectivity index (χ4v) is 3.63. The lowest BCUT2D eigenvalue weighted by Gasteiger charge is -2.09. The molecule has 2 aromatic carbocycles. The lowest BCUT2D eigenvalue weighted by Crippen LogP contribution is -2.19. The molecule has 0 unspecified atom stereocenters. The molecule has 0 saturated carbocycles. The highest BCUT2D eigenvalue weighted by Crippen LogP contribution is 2.33. The Kier molecular flexibility index (Phi) is 5.51. The van der Waals surface area contributed by atoms with E-state index in [9.17, 15) is 18.0 Å². The van der Waals surface area contributed by atoms with Crippen molar-refractivity contribution in [1.82, 2.24) is 4.98 Å². The van der Waals surface area contributed by atoms with Crippen molar-refractivity contribution in [1.29, 1.82) is 5.26 Å². The number of aromatic nitrogens is 1. The molecule has 2 N–H and O–H groups in total. The van der Waals surface area contributed by atoms with E-state index in [0.29, 0.717) is 10.2 Å². The molecule has 3 aromatic rings. The molecule has 1 aromatic heterocycles. The number of carbonyl (C=O) groups excluding carboxylic acids is 1. The molecule has 12 heteroatoms. The maximum absolute atomic E-state index is 12.3. The summed E-state index contributed by atoms with van der Waals surface area (Å²) in [6, 6.07) is 7.45. The zero-order chi connectivity index (χ0) is 20.5. The highest BCUT2D eigenvalue weighted by molar-refractivity contribution is 7.22. The molecule has 28 heavy (non-hydrogen) atoms. The first-order valence-electron chi connectivity index (χ1n) is 7.28. The lowest BCUT2D eigenvalue weighted by atomic mass is 10.2. The predicted molar refractivity (Wildman–Crippen MR) is 100 cm³/mol. The van der Waals surface area contributed by atoms with Crippen LogP contribution in [0.3, 0.4) is 0 Å². The number of hydrogen-bond donors (Lipinski definition) is 2. The Balaban J connectivity index is 1.76. The van der Waals surface area contributed by atoms with Gasteiger partial charge in [-0.05, 0) is 24.3 Å². The molecule has 0 aliphatic heterocycles. The number of hydrogen-bond acceptors (Lipinski definition) is 5. The topological polar surface area (TPSA) is 87.0 Å². The van der Waals surface area contributed by atoms with Crippen LogP contribution in [0.25, 0.3) is 10.2 Å². The van der Waals surface area contributed by atoms with Gasteiger partial charge in [0, 0.05) is 6.07 Å². The van der Waals surface area contributed by atoms with E-state index in [2.05, 4.69) is 20.4 Å². The molecule has 1 heterocycles. The van der Waals surface area contributed by atoms with Crippen LogP contribution in [-0.4, -0.2) is 17.4 Å². The Morgan fingerprint density at radius 2 is 1.86 bits per heavy atom. The van der Waals surface area contributed by atoms with Crippen LogP contribution in [0.5, 0.6) is 5.75 Å². The minimum Gasteiger partial charge on any atom is -0.406 e. The van der Waals surface area contributed by atoms with Gasteiger partial charge in [0.1, 0.15) is 5.75 Å². The zero-order valence-corrected chi connectivity index (χ0v) is 15.7. The molecular formula is C16H7Cl2F3N4O2S. The van der Waals surface area contributed by atoms with Gasteiger partial charge in [0.05, 0.1) is 37.6 Å². The normalized spacial score (nSPS) is 11.1. The van der Waals surface area contributed by atoms with Crippen molar-refractivity contribution in [2.45, 2.75) is 6.36 Å². The Bertz CT molecular complexity index is 1090. The first kappa shape index (κ1) is 20.0. The third-order valence-corrected chi connectivity index (χ3v) is 4.75. The maximum atomic E-state index is 12.3. The quantitative estimate of drug-likeness (QED) is 0.514. The Morgan fingerprint density at radius 1 is 1.18 bits per heavy atom. The van der Waals surface area contributed by atoms with Crippen LogP contribution in [-0.2, 0) is 0 Å². The number of carbonyl (C=O) groups is 1.